The van der Waals surface area contributed by atoms with E-state index in [9.17, 15) is 0 Å². The number of hydrogen-bond donors (Lipinski definition) is 1. The van der Waals surface area contributed by atoms with Gasteiger partial charge in [-0.1, -0.05) is 21.1 Å². The Morgan fingerprint density at radius 1 is 1.29 bits per heavy atom. The number of rotatable bonds is 7. The minimum absolute atomic E-state index is 0.354. The summed E-state index contributed by atoms with van der Waals surface area (Å²) in [5, 5.41) is 3.96. The molecule has 0 amide bonds. The van der Waals surface area contributed by atoms with Gasteiger partial charge in [0.15, 0.2) is 5.76 Å². The first-order valence-corrected chi connectivity index (χ1v) is 7.48. The second-order valence-electron chi connectivity index (χ2n) is 4.76. The summed E-state index contributed by atoms with van der Waals surface area (Å²) < 4.78 is 17.1. The van der Waals surface area contributed by atoms with E-state index in [4.69, 9.17) is 19.7 Å². The topological polar surface area (TPSA) is 70.5 Å². The maximum Gasteiger partial charge on any atom is 0.162 e. The average Bonchev–Trinajstić information content (AvgIpc) is 2.86. The van der Waals surface area contributed by atoms with Crippen LogP contribution in [0.5, 0.6) is 5.75 Å². The van der Waals surface area contributed by atoms with Crippen molar-refractivity contribution in [1.29, 1.82) is 0 Å². The molecule has 5 nitrogen and oxygen atoms in total. The Morgan fingerprint density at radius 3 is 2.81 bits per heavy atom. The number of methoxy groups -OCH3 is 1. The van der Waals surface area contributed by atoms with Crippen LogP contribution in [0.15, 0.2) is 27.2 Å². The molecule has 114 valence electrons. The number of halogens is 1. The second-order valence-corrected chi connectivity index (χ2v) is 5.67. The van der Waals surface area contributed by atoms with Gasteiger partial charge in [0.2, 0.25) is 0 Å². The molecule has 0 fully saturated rings. The molecule has 0 saturated heterocycles. The molecule has 1 heterocycles. The van der Waals surface area contributed by atoms with Crippen molar-refractivity contribution in [3.63, 3.8) is 0 Å². The Kier molecular flexibility index (Phi) is 5.78. The number of ether oxygens (including phenoxy) is 2. The number of hydrogen-bond acceptors (Lipinski definition) is 5. The van der Waals surface area contributed by atoms with Gasteiger partial charge in [0.25, 0.3) is 0 Å². The van der Waals surface area contributed by atoms with Gasteiger partial charge >= 0.3 is 0 Å². The molecule has 2 N–H and O–H groups in total. The van der Waals surface area contributed by atoms with Crippen molar-refractivity contribution in [2.45, 2.75) is 26.6 Å². The predicted octanol–water partition coefficient (Wildman–Crippen LogP) is 2.97. The smallest absolute Gasteiger partial charge is 0.162 e. The van der Waals surface area contributed by atoms with Crippen molar-refractivity contribution < 1.29 is 14.0 Å². The SMILES string of the molecule is COCc1cc(COc2c(C)cc(Br)cc2CCN)no1. The number of nitrogens with two attached hydrogens (primary N) is 1. The lowest BCUT2D eigenvalue weighted by molar-refractivity contribution is 0.155. The van der Waals surface area contributed by atoms with Gasteiger partial charge in [0, 0.05) is 17.6 Å². The highest BCUT2D eigenvalue weighted by atomic mass is 79.9. The van der Waals surface area contributed by atoms with Crippen LogP contribution in [-0.4, -0.2) is 18.8 Å². The molecule has 0 aliphatic rings. The summed E-state index contributed by atoms with van der Waals surface area (Å²) in [7, 11) is 1.61. The third kappa shape index (κ3) is 4.30. The monoisotopic (exact) mass is 354 g/mol. The van der Waals surface area contributed by atoms with Crippen LogP contribution in [0.4, 0.5) is 0 Å². The Bertz CT molecular complexity index is 599. The quantitative estimate of drug-likeness (QED) is 0.827. The molecule has 1 aromatic carbocycles. The van der Waals surface area contributed by atoms with Crippen molar-refractivity contribution in [1.82, 2.24) is 5.16 Å². The maximum atomic E-state index is 5.91. The summed E-state index contributed by atoms with van der Waals surface area (Å²) >= 11 is 3.50. The molecule has 0 atom stereocenters. The molecular weight excluding hydrogens is 336 g/mol. The molecule has 2 rings (SSSR count). The van der Waals surface area contributed by atoms with Crippen LogP contribution in [0, 0.1) is 6.92 Å². The molecular formula is C15H19BrN2O3. The second kappa shape index (κ2) is 7.59. The van der Waals surface area contributed by atoms with Gasteiger partial charge < -0.3 is 19.7 Å². The number of aromatic nitrogens is 1. The van der Waals surface area contributed by atoms with Crippen LogP contribution < -0.4 is 10.5 Å². The van der Waals surface area contributed by atoms with E-state index in [1.54, 1.807) is 7.11 Å². The minimum atomic E-state index is 0.354. The summed E-state index contributed by atoms with van der Waals surface area (Å²) in [6.45, 7) is 3.35. The first kappa shape index (κ1) is 16.0. The third-order valence-electron chi connectivity index (χ3n) is 2.99. The van der Waals surface area contributed by atoms with E-state index < -0.39 is 0 Å². The van der Waals surface area contributed by atoms with Crippen molar-refractivity contribution >= 4 is 15.9 Å². The zero-order chi connectivity index (χ0) is 15.2. The lowest BCUT2D eigenvalue weighted by Crippen LogP contribution is -2.07. The van der Waals surface area contributed by atoms with Gasteiger partial charge in [-0.15, -0.1) is 0 Å². The van der Waals surface area contributed by atoms with Crippen LogP contribution in [0.3, 0.4) is 0 Å². The van der Waals surface area contributed by atoms with E-state index in [1.165, 1.54) is 0 Å². The van der Waals surface area contributed by atoms with Gasteiger partial charge in [0.1, 0.15) is 24.7 Å². The molecule has 6 heteroatoms. The minimum Gasteiger partial charge on any atom is -0.487 e. The fourth-order valence-electron chi connectivity index (χ4n) is 2.13. The Balaban J connectivity index is 2.11. The summed E-state index contributed by atoms with van der Waals surface area (Å²) in [5.41, 5.74) is 8.55. The van der Waals surface area contributed by atoms with Gasteiger partial charge in [-0.25, -0.2) is 0 Å². The average molecular weight is 355 g/mol. The molecule has 0 saturated carbocycles. The van der Waals surface area contributed by atoms with Crippen LogP contribution >= 0.6 is 15.9 Å². The van der Waals surface area contributed by atoms with Crippen molar-refractivity contribution in [2.24, 2.45) is 5.73 Å². The first-order valence-electron chi connectivity index (χ1n) is 6.69. The van der Waals surface area contributed by atoms with Crippen molar-refractivity contribution in [3.05, 3.63) is 45.3 Å². The number of nitrogens with zero attached hydrogens (tertiary/aromatic N) is 1. The van der Waals surface area contributed by atoms with Gasteiger partial charge in [-0.2, -0.15) is 0 Å². The molecule has 0 radical (unpaired) electrons. The molecule has 0 unspecified atom stereocenters. The van der Waals surface area contributed by atoms with Gasteiger partial charge in [-0.05, 0) is 43.1 Å². The van der Waals surface area contributed by atoms with Crippen molar-refractivity contribution in [2.75, 3.05) is 13.7 Å². The Labute approximate surface area is 132 Å². The highest BCUT2D eigenvalue weighted by Gasteiger charge is 2.11. The molecule has 1 aromatic heterocycles. The maximum absolute atomic E-state index is 5.91. The third-order valence-corrected chi connectivity index (χ3v) is 3.45. The van der Waals surface area contributed by atoms with E-state index in [1.807, 2.05) is 25.1 Å². The molecule has 0 bridgehead atoms. The highest BCUT2D eigenvalue weighted by Crippen LogP contribution is 2.29. The summed E-state index contributed by atoms with van der Waals surface area (Å²) in [6.07, 6.45) is 0.767. The van der Waals surface area contributed by atoms with E-state index in [2.05, 4.69) is 21.1 Å². The zero-order valence-electron chi connectivity index (χ0n) is 12.2. The van der Waals surface area contributed by atoms with Crippen LogP contribution in [0.1, 0.15) is 22.6 Å². The molecule has 0 spiro atoms. The Hall–Kier alpha value is -1.37. The zero-order valence-corrected chi connectivity index (χ0v) is 13.8. The standard InChI is InChI=1S/C15H19BrN2O3/c1-10-5-12(16)6-11(3-4-17)15(10)20-8-13-7-14(9-19-2)21-18-13/h5-7H,3-4,8-9,17H2,1-2H3. The predicted molar refractivity (Wildman–Crippen MR) is 83.2 cm³/mol. The van der Waals surface area contributed by atoms with Crippen LogP contribution in [0.25, 0.3) is 0 Å². The van der Waals surface area contributed by atoms with Gasteiger partial charge in [-0.3, -0.25) is 0 Å². The van der Waals surface area contributed by atoms with E-state index in [-0.39, 0.29) is 0 Å². The fraction of sp³-hybridized carbons (Fsp3) is 0.400. The summed E-state index contributed by atoms with van der Waals surface area (Å²) in [5.74, 6) is 1.55. The lowest BCUT2D eigenvalue weighted by atomic mass is 10.1. The molecule has 0 aliphatic carbocycles. The molecule has 0 aliphatic heterocycles. The van der Waals surface area contributed by atoms with Crippen molar-refractivity contribution in [3.8, 4) is 5.75 Å². The lowest BCUT2D eigenvalue weighted by Gasteiger charge is -2.13. The highest BCUT2D eigenvalue weighted by molar-refractivity contribution is 9.10. The van der Waals surface area contributed by atoms with Crippen LogP contribution in [-0.2, 0) is 24.4 Å². The normalized spacial score (nSPS) is 10.9. The number of benzene rings is 1. The fourth-order valence-corrected chi connectivity index (χ4v) is 2.75. The van der Waals surface area contributed by atoms with E-state index in [0.717, 1.165) is 33.5 Å². The summed E-state index contributed by atoms with van der Waals surface area (Å²) in [6, 6.07) is 5.89. The first-order chi connectivity index (χ1) is 10.1. The van der Waals surface area contributed by atoms with Gasteiger partial charge in [0.05, 0.1) is 0 Å². The van der Waals surface area contributed by atoms with E-state index >= 15 is 0 Å². The molecule has 2 aromatic rings. The van der Waals surface area contributed by atoms with E-state index in [0.29, 0.717) is 25.5 Å². The largest absolute Gasteiger partial charge is 0.487 e. The number of aryl methyl sites for hydroxylation is 1. The summed E-state index contributed by atoms with van der Waals surface area (Å²) in [4.78, 5) is 0. The molecule has 21 heavy (non-hydrogen) atoms. The van der Waals surface area contributed by atoms with Crippen LogP contribution in [0.2, 0.25) is 0 Å². The Morgan fingerprint density at radius 2 is 2.10 bits per heavy atom.